The van der Waals surface area contributed by atoms with Crippen molar-refractivity contribution in [1.82, 2.24) is 9.55 Å². The van der Waals surface area contributed by atoms with Crippen LogP contribution in [0.2, 0.25) is 0 Å². The number of hydrogen-bond donors (Lipinski definition) is 1. The molecule has 2 aromatic rings. The highest BCUT2D eigenvalue weighted by Crippen LogP contribution is 2.41. The third-order valence-corrected chi connectivity index (χ3v) is 3.48. The van der Waals surface area contributed by atoms with E-state index in [4.69, 9.17) is 5.73 Å². The van der Waals surface area contributed by atoms with Crippen molar-refractivity contribution in [3.8, 4) is 0 Å². The lowest BCUT2D eigenvalue weighted by Gasteiger charge is -2.15. The fourth-order valence-corrected chi connectivity index (χ4v) is 2.31. The zero-order valence-corrected chi connectivity index (χ0v) is 10.2. The number of halogens is 2. The molecule has 1 saturated carbocycles. The summed E-state index contributed by atoms with van der Waals surface area (Å²) in [6, 6.07) is 2.42. The molecule has 0 amide bonds. The summed E-state index contributed by atoms with van der Waals surface area (Å²) in [5.74, 6) is -0.365. The molecular formula is C13H15F2N3. The first-order chi connectivity index (χ1) is 8.61. The Hall–Kier alpha value is -1.49. The van der Waals surface area contributed by atoms with E-state index in [1.807, 2.05) is 11.5 Å². The molecule has 0 saturated heterocycles. The summed E-state index contributed by atoms with van der Waals surface area (Å²) in [6.07, 6.45) is 2.18. The lowest BCUT2D eigenvalue weighted by Crippen LogP contribution is -2.18. The van der Waals surface area contributed by atoms with Crippen LogP contribution in [0, 0.1) is 11.6 Å². The van der Waals surface area contributed by atoms with Crippen molar-refractivity contribution in [2.24, 2.45) is 5.73 Å². The first kappa shape index (κ1) is 11.6. The Morgan fingerprint density at radius 3 is 2.67 bits per heavy atom. The van der Waals surface area contributed by atoms with Crippen LogP contribution in [0.5, 0.6) is 0 Å². The Labute approximate surface area is 104 Å². The van der Waals surface area contributed by atoms with Gasteiger partial charge in [-0.1, -0.05) is 0 Å². The Kier molecular flexibility index (Phi) is 2.59. The average Bonchev–Trinajstić information content (AvgIpc) is 3.13. The standard InChI is InChI=1S/C13H15F2N3/c1-7(6-16)18-12-5-10(15)9(14)4-11(12)17-13(18)8-2-3-8/h4-5,7-8H,2-3,6,16H2,1H3. The quantitative estimate of drug-likeness (QED) is 0.911. The van der Waals surface area contributed by atoms with Crippen LogP contribution in [0.1, 0.15) is 37.5 Å². The Morgan fingerprint density at radius 2 is 2.06 bits per heavy atom. The van der Waals surface area contributed by atoms with Crippen LogP contribution in [0.25, 0.3) is 11.0 Å². The second kappa shape index (κ2) is 4.02. The molecule has 1 aliphatic rings. The van der Waals surface area contributed by atoms with Gasteiger partial charge < -0.3 is 10.3 Å². The van der Waals surface area contributed by atoms with Crippen molar-refractivity contribution in [1.29, 1.82) is 0 Å². The van der Waals surface area contributed by atoms with Gasteiger partial charge in [-0.05, 0) is 19.8 Å². The smallest absolute Gasteiger partial charge is 0.161 e. The van der Waals surface area contributed by atoms with E-state index in [9.17, 15) is 8.78 Å². The zero-order valence-electron chi connectivity index (χ0n) is 10.2. The topological polar surface area (TPSA) is 43.8 Å². The first-order valence-electron chi connectivity index (χ1n) is 6.18. The van der Waals surface area contributed by atoms with Crippen LogP contribution >= 0.6 is 0 Å². The highest BCUT2D eigenvalue weighted by molar-refractivity contribution is 5.76. The fourth-order valence-electron chi connectivity index (χ4n) is 2.31. The molecule has 1 aliphatic carbocycles. The Balaban J connectivity index is 2.26. The third kappa shape index (κ3) is 1.70. The van der Waals surface area contributed by atoms with E-state index in [1.54, 1.807) is 0 Å². The van der Waals surface area contributed by atoms with E-state index < -0.39 is 11.6 Å². The lowest BCUT2D eigenvalue weighted by molar-refractivity contribution is 0.508. The van der Waals surface area contributed by atoms with Crippen LogP contribution in [0.4, 0.5) is 8.78 Å². The monoisotopic (exact) mass is 251 g/mol. The van der Waals surface area contributed by atoms with Gasteiger partial charge in [0.1, 0.15) is 5.82 Å². The van der Waals surface area contributed by atoms with Crippen LogP contribution in [-0.4, -0.2) is 16.1 Å². The summed E-state index contributed by atoms with van der Waals surface area (Å²) in [6.45, 7) is 2.42. The Bertz CT molecular complexity index is 602. The molecule has 1 unspecified atom stereocenters. The minimum absolute atomic E-state index is 0.0375. The van der Waals surface area contributed by atoms with E-state index in [0.29, 0.717) is 23.5 Å². The molecule has 1 aromatic heterocycles. The number of nitrogens with two attached hydrogens (primary N) is 1. The Morgan fingerprint density at radius 1 is 1.39 bits per heavy atom. The van der Waals surface area contributed by atoms with Crippen molar-refractivity contribution < 1.29 is 8.78 Å². The highest BCUT2D eigenvalue weighted by atomic mass is 19.2. The minimum Gasteiger partial charge on any atom is -0.328 e. The summed E-state index contributed by atoms with van der Waals surface area (Å²) in [5.41, 5.74) is 6.84. The van der Waals surface area contributed by atoms with Crippen LogP contribution in [-0.2, 0) is 0 Å². The molecule has 2 N–H and O–H groups in total. The number of rotatable bonds is 3. The van der Waals surface area contributed by atoms with Gasteiger partial charge in [0.05, 0.1) is 11.0 Å². The molecule has 3 rings (SSSR count). The number of aromatic nitrogens is 2. The fraction of sp³-hybridized carbons (Fsp3) is 0.462. The predicted molar refractivity (Wildman–Crippen MR) is 65.4 cm³/mol. The van der Waals surface area contributed by atoms with Crippen molar-refractivity contribution in [2.75, 3.05) is 6.54 Å². The third-order valence-electron chi connectivity index (χ3n) is 3.48. The van der Waals surface area contributed by atoms with Crippen LogP contribution in [0.3, 0.4) is 0 Å². The molecule has 1 atom stereocenters. The number of imidazole rings is 1. The van der Waals surface area contributed by atoms with Crippen LogP contribution < -0.4 is 5.73 Å². The molecule has 0 spiro atoms. The first-order valence-corrected chi connectivity index (χ1v) is 6.18. The second-order valence-electron chi connectivity index (χ2n) is 4.95. The van der Waals surface area contributed by atoms with E-state index >= 15 is 0 Å². The van der Waals surface area contributed by atoms with Gasteiger partial charge in [-0.2, -0.15) is 0 Å². The van der Waals surface area contributed by atoms with E-state index in [2.05, 4.69) is 4.98 Å². The maximum Gasteiger partial charge on any atom is 0.161 e. The van der Waals surface area contributed by atoms with Crippen molar-refractivity contribution in [3.63, 3.8) is 0 Å². The van der Waals surface area contributed by atoms with Crippen LogP contribution in [0.15, 0.2) is 12.1 Å². The molecule has 0 bridgehead atoms. The molecule has 5 heteroatoms. The van der Waals surface area contributed by atoms with Gasteiger partial charge in [0, 0.05) is 30.6 Å². The van der Waals surface area contributed by atoms with Gasteiger partial charge in [0.2, 0.25) is 0 Å². The maximum atomic E-state index is 13.4. The number of benzene rings is 1. The molecule has 18 heavy (non-hydrogen) atoms. The summed E-state index contributed by atoms with van der Waals surface area (Å²) >= 11 is 0. The number of hydrogen-bond acceptors (Lipinski definition) is 2. The molecule has 3 nitrogen and oxygen atoms in total. The summed E-state index contributed by atoms with van der Waals surface area (Å²) in [5, 5.41) is 0. The van der Waals surface area contributed by atoms with E-state index in [1.165, 1.54) is 6.07 Å². The molecule has 1 heterocycles. The van der Waals surface area contributed by atoms with Crippen molar-refractivity contribution in [3.05, 3.63) is 29.6 Å². The highest BCUT2D eigenvalue weighted by Gasteiger charge is 2.31. The minimum atomic E-state index is -0.852. The molecule has 0 radical (unpaired) electrons. The zero-order chi connectivity index (χ0) is 12.9. The van der Waals surface area contributed by atoms with Crippen molar-refractivity contribution in [2.45, 2.75) is 31.7 Å². The van der Waals surface area contributed by atoms with Gasteiger partial charge >= 0.3 is 0 Å². The molecule has 0 aliphatic heterocycles. The summed E-state index contributed by atoms with van der Waals surface area (Å²) in [7, 11) is 0. The van der Waals surface area contributed by atoms with Gasteiger partial charge in [0.25, 0.3) is 0 Å². The van der Waals surface area contributed by atoms with E-state index in [-0.39, 0.29) is 6.04 Å². The number of nitrogens with zero attached hydrogens (tertiary/aromatic N) is 2. The normalized spacial score (nSPS) is 17.3. The largest absolute Gasteiger partial charge is 0.328 e. The molecular weight excluding hydrogens is 236 g/mol. The summed E-state index contributed by atoms with van der Waals surface area (Å²) < 4.78 is 28.6. The lowest BCUT2D eigenvalue weighted by atomic mass is 10.2. The maximum absolute atomic E-state index is 13.4. The predicted octanol–water partition coefficient (Wildman–Crippen LogP) is 2.71. The van der Waals surface area contributed by atoms with E-state index in [0.717, 1.165) is 24.7 Å². The molecule has 96 valence electrons. The average molecular weight is 251 g/mol. The summed E-state index contributed by atoms with van der Waals surface area (Å²) in [4.78, 5) is 4.45. The van der Waals surface area contributed by atoms with Gasteiger partial charge in [-0.25, -0.2) is 13.8 Å². The molecule has 1 fully saturated rings. The van der Waals surface area contributed by atoms with Gasteiger partial charge in [-0.3, -0.25) is 0 Å². The second-order valence-corrected chi connectivity index (χ2v) is 4.95. The molecule has 1 aromatic carbocycles. The van der Waals surface area contributed by atoms with Gasteiger partial charge in [-0.15, -0.1) is 0 Å². The van der Waals surface area contributed by atoms with Gasteiger partial charge in [0.15, 0.2) is 11.6 Å². The SMILES string of the molecule is CC(CN)n1c(C2CC2)nc2cc(F)c(F)cc21. The van der Waals surface area contributed by atoms with Crippen molar-refractivity contribution >= 4 is 11.0 Å². The number of fused-ring (bicyclic) bond motifs is 1.